The molecule has 0 aliphatic rings. The fraction of sp³-hybridized carbons (Fsp3) is 0.571. The summed E-state index contributed by atoms with van der Waals surface area (Å²) < 4.78 is 5.13. The molecule has 0 aliphatic carbocycles. The Labute approximate surface area is 109 Å². The fourth-order valence-electron chi connectivity index (χ4n) is 1.85. The summed E-state index contributed by atoms with van der Waals surface area (Å²) in [5.41, 5.74) is 2.25. The number of hydrogen-bond donors (Lipinski definition) is 2. The highest BCUT2D eigenvalue weighted by molar-refractivity contribution is 5.47. The van der Waals surface area contributed by atoms with Crippen LogP contribution in [0.3, 0.4) is 0 Å². The van der Waals surface area contributed by atoms with Gasteiger partial charge in [-0.05, 0) is 32.9 Å². The van der Waals surface area contributed by atoms with Gasteiger partial charge < -0.3 is 19.8 Å². The highest BCUT2D eigenvalue weighted by atomic mass is 16.6. The van der Waals surface area contributed by atoms with Crippen LogP contribution < -0.4 is 4.90 Å². The summed E-state index contributed by atoms with van der Waals surface area (Å²) in [6.07, 6.45) is -0.498. The molecule has 0 aromatic heterocycles. The van der Waals surface area contributed by atoms with Crippen molar-refractivity contribution in [1.29, 1.82) is 0 Å². The van der Waals surface area contributed by atoms with E-state index in [1.807, 2.05) is 38.1 Å². The van der Waals surface area contributed by atoms with E-state index < -0.39 is 6.10 Å². The molecular formula is C14H23NO3. The average molecular weight is 253 g/mol. The molecule has 1 aromatic carbocycles. The number of nitrogens with zero attached hydrogens (tertiary/aromatic N) is 1. The van der Waals surface area contributed by atoms with E-state index in [4.69, 9.17) is 9.84 Å². The third-order valence-electron chi connectivity index (χ3n) is 2.72. The standard InChI is InChI=1S/C14H23NO3/c1-11-4-6-14(7-5-11)15(8-12(2)17)9-13(3)18-10-16/h4-7,12-13,16-17H,8-10H2,1-3H3. The number of aliphatic hydroxyl groups excluding tert-OH is 2. The van der Waals surface area contributed by atoms with Gasteiger partial charge in [0.25, 0.3) is 0 Å². The number of benzene rings is 1. The second-order valence-corrected chi connectivity index (χ2v) is 4.70. The van der Waals surface area contributed by atoms with Crippen molar-refractivity contribution < 1.29 is 14.9 Å². The monoisotopic (exact) mass is 253 g/mol. The van der Waals surface area contributed by atoms with Crippen LogP contribution in [0.15, 0.2) is 24.3 Å². The summed E-state index contributed by atoms with van der Waals surface area (Å²) in [7, 11) is 0. The van der Waals surface area contributed by atoms with Crippen LogP contribution in [0.25, 0.3) is 0 Å². The minimum Gasteiger partial charge on any atom is -0.392 e. The molecule has 1 rings (SSSR count). The molecule has 2 N–H and O–H groups in total. The van der Waals surface area contributed by atoms with Gasteiger partial charge in [0.15, 0.2) is 0 Å². The van der Waals surface area contributed by atoms with Crippen molar-refractivity contribution in [2.75, 3.05) is 24.8 Å². The van der Waals surface area contributed by atoms with Gasteiger partial charge in [-0.3, -0.25) is 0 Å². The molecule has 0 spiro atoms. The summed E-state index contributed by atoms with van der Waals surface area (Å²) in [6, 6.07) is 8.15. The topological polar surface area (TPSA) is 52.9 Å². The number of ether oxygens (including phenoxy) is 1. The summed E-state index contributed by atoms with van der Waals surface area (Å²) in [6.45, 7) is 6.60. The quantitative estimate of drug-likeness (QED) is 0.724. The third kappa shape index (κ3) is 5.04. The van der Waals surface area contributed by atoms with Gasteiger partial charge >= 0.3 is 0 Å². The van der Waals surface area contributed by atoms with Crippen LogP contribution in [0.4, 0.5) is 5.69 Å². The smallest absolute Gasteiger partial charge is 0.143 e. The molecule has 2 atom stereocenters. The first-order valence-corrected chi connectivity index (χ1v) is 6.25. The SMILES string of the molecule is Cc1ccc(N(CC(C)O)CC(C)OCO)cc1. The van der Waals surface area contributed by atoms with Crippen molar-refractivity contribution in [2.45, 2.75) is 33.0 Å². The molecule has 1 aromatic rings. The zero-order chi connectivity index (χ0) is 13.5. The first-order valence-electron chi connectivity index (χ1n) is 6.25. The number of aryl methyl sites for hydroxylation is 1. The van der Waals surface area contributed by atoms with E-state index in [0.717, 1.165) is 5.69 Å². The lowest BCUT2D eigenvalue weighted by Gasteiger charge is -2.29. The molecule has 0 saturated heterocycles. The van der Waals surface area contributed by atoms with Crippen LogP contribution in [-0.4, -0.2) is 42.3 Å². The lowest BCUT2D eigenvalue weighted by atomic mass is 10.2. The van der Waals surface area contributed by atoms with Gasteiger partial charge in [-0.25, -0.2) is 0 Å². The highest BCUT2D eigenvalue weighted by Gasteiger charge is 2.13. The van der Waals surface area contributed by atoms with E-state index in [1.54, 1.807) is 6.92 Å². The first-order chi connectivity index (χ1) is 8.52. The Hall–Kier alpha value is -1.10. The van der Waals surface area contributed by atoms with Crippen molar-refractivity contribution in [2.24, 2.45) is 0 Å². The molecule has 0 saturated carbocycles. The van der Waals surface area contributed by atoms with Crippen LogP contribution in [0, 0.1) is 6.92 Å². The van der Waals surface area contributed by atoms with Crippen molar-refractivity contribution in [3.8, 4) is 0 Å². The molecule has 18 heavy (non-hydrogen) atoms. The van der Waals surface area contributed by atoms with Gasteiger partial charge in [0, 0.05) is 18.8 Å². The normalized spacial score (nSPS) is 14.3. The van der Waals surface area contributed by atoms with Gasteiger partial charge in [-0.1, -0.05) is 17.7 Å². The van der Waals surface area contributed by atoms with Crippen molar-refractivity contribution in [3.63, 3.8) is 0 Å². The Bertz CT molecular complexity index is 337. The van der Waals surface area contributed by atoms with Crippen LogP contribution in [0.1, 0.15) is 19.4 Å². The predicted molar refractivity (Wildman–Crippen MR) is 72.7 cm³/mol. The maximum absolute atomic E-state index is 9.55. The second kappa shape index (κ2) is 7.36. The van der Waals surface area contributed by atoms with E-state index >= 15 is 0 Å². The molecule has 0 amide bonds. The zero-order valence-electron chi connectivity index (χ0n) is 11.3. The second-order valence-electron chi connectivity index (χ2n) is 4.70. The lowest BCUT2D eigenvalue weighted by molar-refractivity contribution is -0.0392. The van der Waals surface area contributed by atoms with Crippen LogP contribution in [0.5, 0.6) is 0 Å². The number of rotatable bonds is 7. The van der Waals surface area contributed by atoms with E-state index in [2.05, 4.69) is 4.90 Å². The van der Waals surface area contributed by atoms with Crippen molar-refractivity contribution in [1.82, 2.24) is 0 Å². The summed E-state index contributed by atoms with van der Waals surface area (Å²) in [5.74, 6) is 0. The molecule has 0 radical (unpaired) electrons. The average Bonchev–Trinajstić information content (AvgIpc) is 2.28. The first kappa shape index (κ1) is 15.0. The Balaban J connectivity index is 2.74. The predicted octanol–water partition coefficient (Wildman–Crippen LogP) is 1.54. The molecule has 102 valence electrons. The van der Waals surface area contributed by atoms with E-state index in [1.165, 1.54) is 5.56 Å². The van der Waals surface area contributed by atoms with E-state index in [9.17, 15) is 5.11 Å². The largest absolute Gasteiger partial charge is 0.392 e. The molecule has 0 fully saturated rings. The third-order valence-corrected chi connectivity index (χ3v) is 2.72. The lowest BCUT2D eigenvalue weighted by Crippen LogP contribution is -2.37. The van der Waals surface area contributed by atoms with Crippen LogP contribution in [-0.2, 0) is 4.74 Å². The minimum atomic E-state index is -0.410. The van der Waals surface area contributed by atoms with Gasteiger partial charge in [-0.15, -0.1) is 0 Å². The summed E-state index contributed by atoms with van der Waals surface area (Å²) >= 11 is 0. The number of anilines is 1. The minimum absolute atomic E-state index is 0.0879. The van der Waals surface area contributed by atoms with Crippen LogP contribution in [0.2, 0.25) is 0 Å². The van der Waals surface area contributed by atoms with Gasteiger partial charge in [0.05, 0.1) is 12.2 Å². The Morgan fingerprint density at radius 2 is 1.78 bits per heavy atom. The van der Waals surface area contributed by atoms with E-state index in [0.29, 0.717) is 13.1 Å². The zero-order valence-corrected chi connectivity index (χ0v) is 11.3. The molecule has 0 heterocycles. The Morgan fingerprint density at radius 3 is 2.28 bits per heavy atom. The molecule has 2 unspecified atom stereocenters. The molecule has 0 bridgehead atoms. The highest BCUT2D eigenvalue weighted by Crippen LogP contribution is 2.16. The molecule has 4 heteroatoms. The summed E-state index contributed by atoms with van der Waals surface area (Å²) in [5, 5.41) is 18.3. The summed E-state index contributed by atoms with van der Waals surface area (Å²) in [4.78, 5) is 2.06. The molecular weight excluding hydrogens is 230 g/mol. The van der Waals surface area contributed by atoms with Crippen molar-refractivity contribution in [3.05, 3.63) is 29.8 Å². The Kier molecular flexibility index (Phi) is 6.12. The Morgan fingerprint density at radius 1 is 1.17 bits per heavy atom. The molecule has 4 nitrogen and oxygen atoms in total. The number of aliphatic hydroxyl groups is 2. The van der Waals surface area contributed by atoms with Gasteiger partial charge in [0.2, 0.25) is 0 Å². The maximum atomic E-state index is 9.55. The molecule has 0 aliphatic heterocycles. The fourth-order valence-corrected chi connectivity index (χ4v) is 1.85. The van der Waals surface area contributed by atoms with Gasteiger partial charge in [-0.2, -0.15) is 0 Å². The number of hydrogen-bond acceptors (Lipinski definition) is 4. The van der Waals surface area contributed by atoms with Gasteiger partial charge in [0.1, 0.15) is 6.79 Å². The van der Waals surface area contributed by atoms with Crippen molar-refractivity contribution >= 4 is 5.69 Å². The van der Waals surface area contributed by atoms with E-state index in [-0.39, 0.29) is 12.9 Å². The maximum Gasteiger partial charge on any atom is 0.143 e. The van der Waals surface area contributed by atoms with Crippen LogP contribution >= 0.6 is 0 Å².